The average Bonchev–Trinajstić information content (AvgIpc) is 2.62. The van der Waals surface area contributed by atoms with Crippen LogP contribution in [-0.2, 0) is 11.2 Å². The van der Waals surface area contributed by atoms with Crippen LogP contribution in [0.1, 0.15) is 24.8 Å². The fourth-order valence-corrected chi connectivity index (χ4v) is 3.29. The molecule has 3 rings (SSSR count). The van der Waals surface area contributed by atoms with Crippen molar-refractivity contribution in [1.29, 1.82) is 0 Å². The van der Waals surface area contributed by atoms with Crippen molar-refractivity contribution in [2.45, 2.75) is 31.8 Å². The first kappa shape index (κ1) is 18.1. The summed E-state index contributed by atoms with van der Waals surface area (Å²) in [4.78, 5) is 22.6. The lowest BCUT2D eigenvalue weighted by molar-refractivity contribution is -0.133. The third-order valence-corrected chi connectivity index (χ3v) is 4.76. The summed E-state index contributed by atoms with van der Waals surface area (Å²) in [6.45, 7) is 1.35. The molecule has 0 spiro atoms. The number of likely N-dealkylation sites (tertiary alicyclic amines) is 1. The highest BCUT2D eigenvalue weighted by molar-refractivity contribution is 9.10. The summed E-state index contributed by atoms with van der Waals surface area (Å²) in [7, 11) is 0. The Balaban J connectivity index is 1.51. The lowest BCUT2D eigenvalue weighted by Gasteiger charge is -2.32. The third kappa shape index (κ3) is 5.41. The van der Waals surface area contributed by atoms with Crippen LogP contribution in [0.4, 0.5) is 0 Å². The van der Waals surface area contributed by atoms with Gasteiger partial charge in [0, 0.05) is 30.4 Å². The molecule has 0 saturated carbocycles. The number of benzene rings is 1. The van der Waals surface area contributed by atoms with Crippen molar-refractivity contribution < 1.29 is 9.53 Å². The van der Waals surface area contributed by atoms with Crippen LogP contribution in [0.15, 0.2) is 41.1 Å². The molecule has 0 radical (unpaired) electrons. The highest BCUT2D eigenvalue weighted by Gasteiger charge is 2.25. The standard InChI is InChI=1S/C18H19BrClN3O2/c19-14-10-21-18(22-11-14)25-16-5-2-8-23(12-16)17(24)7-6-13-3-1-4-15(20)9-13/h1,3-4,9-11,16H,2,5-8,12H2. The number of piperidine rings is 1. The molecule has 25 heavy (non-hydrogen) atoms. The van der Waals surface area contributed by atoms with Crippen molar-refractivity contribution in [3.8, 4) is 6.01 Å². The zero-order chi connectivity index (χ0) is 17.6. The van der Waals surface area contributed by atoms with E-state index in [1.807, 2.05) is 29.2 Å². The van der Waals surface area contributed by atoms with Gasteiger partial charge < -0.3 is 9.64 Å². The van der Waals surface area contributed by atoms with E-state index in [-0.39, 0.29) is 12.0 Å². The number of carbonyl (C=O) groups excluding carboxylic acids is 1. The molecule has 5 nitrogen and oxygen atoms in total. The molecule has 0 aliphatic carbocycles. The highest BCUT2D eigenvalue weighted by Crippen LogP contribution is 2.18. The molecular weight excluding hydrogens is 406 g/mol. The number of ether oxygens (including phenoxy) is 1. The van der Waals surface area contributed by atoms with Crippen LogP contribution in [0.5, 0.6) is 6.01 Å². The second-order valence-electron chi connectivity index (χ2n) is 6.04. The van der Waals surface area contributed by atoms with Crippen LogP contribution in [0.2, 0.25) is 5.02 Å². The van der Waals surface area contributed by atoms with E-state index < -0.39 is 0 Å². The third-order valence-electron chi connectivity index (χ3n) is 4.12. The second kappa shape index (κ2) is 8.63. The van der Waals surface area contributed by atoms with E-state index in [9.17, 15) is 4.79 Å². The summed E-state index contributed by atoms with van der Waals surface area (Å²) in [6.07, 6.45) is 6.23. The lowest BCUT2D eigenvalue weighted by Crippen LogP contribution is -2.44. The van der Waals surface area contributed by atoms with E-state index in [0.29, 0.717) is 30.4 Å². The Hall–Kier alpha value is -1.66. The predicted octanol–water partition coefficient (Wildman–Crippen LogP) is 3.90. The monoisotopic (exact) mass is 423 g/mol. The molecule has 1 atom stereocenters. The quantitative estimate of drug-likeness (QED) is 0.730. The lowest BCUT2D eigenvalue weighted by atomic mass is 10.1. The summed E-state index contributed by atoms with van der Waals surface area (Å²) in [5.41, 5.74) is 1.08. The van der Waals surface area contributed by atoms with Crippen molar-refractivity contribution in [2.75, 3.05) is 13.1 Å². The molecule has 1 saturated heterocycles. The van der Waals surface area contributed by atoms with E-state index >= 15 is 0 Å². The molecule has 132 valence electrons. The number of amides is 1. The van der Waals surface area contributed by atoms with Gasteiger partial charge in [-0.1, -0.05) is 23.7 Å². The molecule has 0 N–H and O–H groups in total. The number of carbonyl (C=O) groups is 1. The Morgan fingerprint density at radius 3 is 2.92 bits per heavy atom. The van der Waals surface area contributed by atoms with Gasteiger partial charge in [0.15, 0.2) is 0 Å². The van der Waals surface area contributed by atoms with E-state index in [4.69, 9.17) is 16.3 Å². The zero-order valence-corrected chi connectivity index (χ0v) is 16.0. The molecule has 0 bridgehead atoms. The summed E-state index contributed by atoms with van der Waals surface area (Å²) < 4.78 is 6.62. The highest BCUT2D eigenvalue weighted by atomic mass is 79.9. The Morgan fingerprint density at radius 1 is 1.36 bits per heavy atom. The Labute approximate surface area is 160 Å². The van der Waals surface area contributed by atoms with Gasteiger partial charge in [-0.25, -0.2) is 9.97 Å². The van der Waals surface area contributed by atoms with E-state index in [1.54, 1.807) is 12.4 Å². The summed E-state index contributed by atoms with van der Waals surface area (Å²) in [6, 6.07) is 7.99. The van der Waals surface area contributed by atoms with Gasteiger partial charge in [0.1, 0.15) is 6.10 Å². The first-order valence-corrected chi connectivity index (χ1v) is 9.43. The average molecular weight is 425 g/mol. The smallest absolute Gasteiger partial charge is 0.316 e. The van der Waals surface area contributed by atoms with Gasteiger partial charge in [-0.3, -0.25) is 4.79 Å². The molecule has 7 heteroatoms. The van der Waals surface area contributed by atoms with Gasteiger partial charge in [-0.2, -0.15) is 0 Å². The van der Waals surface area contributed by atoms with Crippen molar-refractivity contribution in [3.05, 3.63) is 51.7 Å². The van der Waals surface area contributed by atoms with Gasteiger partial charge in [0.2, 0.25) is 5.91 Å². The first-order valence-electron chi connectivity index (χ1n) is 8.26. The molecule has 1 aliphatic heterocycles. The van der Waals surface area contributed by atoms with Gasteiger partial charge in [0.25, 0.3) is 0 Å². The number of hydrogen-bond donors (Lipinski definition) is 0. The summed E-state index contributed by atoms with van der Waals surface area (Å²) >= 11 is 9.29. The topological polar surface area (TPSA) is 55.3 Å². The minimum Gasteiger partial charge on any atom is -0.458 e. The fourth-order valence-electron chi connectivity index (χ4n) is 2.87. The van der Waals surface area contributed by atoms with Crippen molar-refractivity contribution in [3.63, 3.8) is 0 Å². The summed E-state index contributed by atoms with van der Waals surface area (Å²) in [5.74, 6) is 0.144. The van der Waals surface area contributed by atoms with Crippen LogP contribution in [0.25, 0.3) is 0 Å². The largest absolute Gasteiger partial charge is 0.458 e. The normalized spacial score (nSPS) is 17.4. The minimum atomic E-state index is -0.0648. The molecule has 2 aromatic rings. The fraction of sp³-hybridized carbons (Fsp3) is 0.389. The van der Waals surface area contributed by atoms with E-state index in [1.165, 1.54) is 0 Å². The Morgan fingerprint density at radius 2 is 2.16 bits per heavy atom. The first-order chi connectivity index (χ1) is 12.1. The molecule has 1 unspecified atom stereocenters. The van der Waals surface area contributed by atoms with Crippen molar-refractivity contribution in [1.82, 2.24) is 14.9 Å². The Bertz CT molecular complexity index is 727. The second-order valence-corrected chi connectivity index (χ2v) is 7.39. The molecule has 1 amide bonds. The van der Waals surface area contributed by atoms with Crippen LogP contribution < -0.4 is 4.74 Å². The molecule has 1 aromatic heterocycles. The number of aromatic nitrogens is 2. The zero-order valence-electron chi connectivity index (χ0n) is 13.7. The number of hydrogen-bond acceptors (Lipinski definition) is 4. The number of rotatable bonds is 5. The molecule has 1 aromatic carbocycles. The van der Waals surface area contributed by atoms with Crippen molar-refractivity contribution >= 4 is 33.4 Å². The van der Waals surface area contributed by atoms with Crippen molar-refractivity contribution in [2.24, 2.45) is 0 Å². The number of aryl methyl sites for hydroxylation is 1. The molecule has 2 heterocycles. The molecule has 1 aliphatic rings. The van der Waals surface area contributed by atoms with Crippen LogP contribution in [0, 0.1) is 0 Å². The van der Waals surface area contributed by atoms with Gasteiger partial charge >= 0.3 is 6.01 Å². The Kier molecular flexibility index (Phi) is 6.26. The van der Waals surface area contributed by atoms with Crippen LogP contribution in [0.3, 0.4) is 0 Å². The van der Waals surface area contributed by atoms with Gasteiger partial charge in [-0.15, -0.1) is 0 Å². The van der Waals surface area contributed by atoms with E-state index in [0.717, 1.165) is 29.4 Å². The summed E-state index contributed by atoms with van der Waals surface area (Å²) in [5, 5.41) is 0.700. The SMILES string of the molecule is O=C(CCc1cccc(Cl)c1)N1CCCC(Oc2ncc(Br)cn2)C1. The van der Waals surface area contributed by atoms with Gasteiger partial charge in [-0.05, 0) is 52.9 Å². The van der Waals surface area contributed by atoms with E-state index in [2.05, 4.69) is 25.9 Å². The van der Waals surface area contributed by atoms with Crippen LogP contribution >= 0.6 is 27.5 Å². The maximum absolute atomic E-state index is 12.5. The van der Waals surface area contributed by atoms with Gasteiger partial charge in [0.05, 0.1) is 11.0 Å². The number of halogens is 2. The van der Waals surface area contributed by atoms with Crippen LogP contribution in [-0.4, -0.2) is 40.0 Å². The molecular formula is C18H19BrClN3O2. The predicted molar refractivity (Wildman–Crippen MR) is 99.7 cm³/mol. The maximum Gasteiger partial charge on any atom is 0.316 e. The maximum atomic E-state index is 12.5. The number of nitrogens with zero attached hydrogens (tertiary/aromatic N) is 3. The molecule has 1 fully saturated rings. The minimum absolute atomic E-state index is 0.0648.